The number of rotatable bonds is 6. The molecule has 1 aliphatic carbocycles. The maximum atomic E-state index is 11.7. The third-order valence-electron chi connectivity index (χ3n) is 3.60. The van der Waals surface area contributed by atoms with Gasteiger partial charge in [-0.2, -0.15) is 0 Å². The molecule has 0 radical (unpaired) electrons. The van der Waals surface area contributed by atoms with Crippen molar-refractivity contribution in [3.63, 3.8) is 0 Å². The average molecular weight is 263 g/mol. The van der Waals surface area contributed by atoms with Gasteiger partial charge in [0.1, 0.15) is 5.75 Å². The van der Waals surface area contributed by atoms with Crippen molar-refractivity contribution in [3.8, 4) is 5.75 Å². The molecule has 0 heterocycles. The molecular weight excluding hydrogens is 242 g/mol. The van der Waals surface area contributed by atoms with E-state index in [4.69, 9.17) is 9.84 Å². The number of hydrogen-bond acceptors (Lipinski definition) is 3. The molecule has 0 bridgehead atoms. The number of ether oxygens (including phenoxy) is 1. The third-order valence-corrected chi connectivity index (χ3v) is 3.60. The van der Waals surface area contributed by atoms with Crippen molar-refractivity contribution in [3.05, 3.63) is 29.8 Å². The fourth-order valence-electron chi connectivity index (χ4n) is 2.26. The van der Waals surface area contributed by atoms with Crippen LogP contribution in [0.2, 0.25) is 0 Å². The summed E-state index contributed by atoms with van der Waals surface area (Å²) in [5.74, 6) is 1.37. The summed E-state index contributed by atoms with van der Waals surface area (Å²) >= 11 is 0. The highest BCUT2D eigenvalue weighted by Crippen LogP contribution is 2.26. The number of amides is 1. The van der Waals surface area contributed by atoms with E-state index >= 15 is 0 Å². The van der Waals surface area contributed by atoms with Crippen molar-refractivity contribution in [2.45, 2.75) is 31.8 Å². The molecule has 0 saturated heterocycles. The lowest BCUT2D eigenvalue weighted by molar-refractivity contribution is -0.121. The van der Waals surface area contributed by atoms with E-state index in [0.717, 1.165) is 30.6 Å². The van der Waals surface area contributed by atoms with Crippen molar-refractivity contribution >= 4 is 5.91 Å². The average Bonchev–Trinajstić information content (AvgIpc) is 2.40. The minimum absolute atomic E-state index is 0.0807. The number of aryl methyl sites for hydroxylation is 1. The smallest absolute Gasteiger partial charge is 0.220 e. The minimum Gasteiger partial charge on any atom is -0.497 e. The van der Waals surface area contributed by atoms with E-state index in [9.17, 15) is 4.79 Å². The molecule has 0 spiro atoms. The molecule has 1 aliphatic rings. The Balaban J connectivity index is 1.65. The Kier molecular flexibility index (Phi) is 4.80. The van der Waals surface area contributed by atoms with E-state index in [-0.39, 0.29) is 12.0 Å². The van der Waals surface area contributed by atoms with Gasteiger partial charge in [0, 0.05) is 13.0 Å². The van der Waals surface area contributed by atoms with Crippen molar-refractivity contribution in [1.82, 2.24) is 5.32 Å². The van der Waals surface area contributed by atoms with Gasteiger partial charge in [0.25, 0.3) is 0 Å². The highest BCUT2D eigenvalue weighted by Gasteiger charge is 2.26. The molecule has 2 rings (SSSR count). The van der Waals surface area contributed by atoms with Crippen LogP contribution in [0.4, 0.5) is 0 Å². The van der Waals surface area contributed by atoms with Gasteiger partial charge in [0.05, 0.1) is 13.2 Å². The molecule has 1 fully saturated rings. The number of aliphatic hydroxyl groups excluding tert-OH is 1. The van der Waals surface area contributed by atoms with Crippen LogP contribution in [0, 0.1) is 5.92 Å². The van der Waals surface area contributed by atoms with E-state index in [1.54, 1.807) is 7.11 Å². The lowest BCUT2D eigenvalue weighted by Gasteiger charge is -2.31. The number of carbonyl (C=O) groups is 1. The molecule has 1 amide bonds. The van der Waals surface area contributed by atoms with E-state index in [1.807, 2.05) is 24.3 Å². The summed E-state index contributed by atoms with van der Waals surface area (Å²) in [6.07, 6.45) is 2.73. The van der Waals surface area contributed by atoms with Gasteiger partial charge in [-0.05, 0) is 42.9 Å². The van der Waals surface area contributed by atoms with Gasteiger partial charge in [0.2, 0.25) is 5.91 Å². The Morgan fingerprint density at radius 3 is 2.63 bits per heavy atom. The van der Waals surface area contributed by atoms with Crippen LogP contribution in [0.5, 0.6) is 5.75 Å². The minimum atomic E-state index is -0.152. The second-order valence-corrected chi connectivity index (χ2v) is 5.14. The van der Waals surface area contributed by atoms with E-state index in [1.165, 1.54) is 0 Å². The topological polar surface area (TPSA) is 58.6 Å². The zero-order chi connectivity index (χ0) is 13.7. The van der Waals surface area contributed by atoms with Gasteiger partial charge in [-0.15, -0.1) is 0 Å². The first-order valence-electron chi connectivity index (χ1n) is 6.75. The third kappa shape index (κ3) is 4.24. The molecule has 19 heavy (non-hydrogen) atoms. The van der Waals surface area contributed by atoms with Crippen molar-refractivity contribution in [2.75, 3.05) is 13.7 Å². The number of benzene rings is 1. The second-order valence-electron chi connectivity index (χ2n) is 5.14. The van der Waals surface area contributed by atoms with Gasteiger partial charge >= 0.3 is 0 Å². The molecule has 4 heteroatoms. The van der Waals surface area contributed by atoms with Crippen molar-refractivity contribution in [1.29, 1.82) is 0 Å². The van der Waals surface area contributed by atoms with Crippen LogP contribution in [-0.4, -0.2) is 30.8 Å². The Morgan fingerprint density at radius 1 is 1.37 bits per heavy atom. The largest absolute Gasteiger partial charge is 0.497 e. The SMILES string of the molecule is COc1ccc(CCC(=O)NCC2CC(O)C2)cc1. The number of carbonyl (C=O) groups excluding carboxylic acids is 1. The van der Waals surface area contributed by atoms with Gasteiger partial charge in [-0.1, -0.05) is 12.1 Å². The molecule has 4 nitrogen and oxygen atoms in total. The first-order chi connectivity index (χ1) is 9.17. The summed E-state index contributed by atoms with van der Waals surface area (Å²) in [4.78, 5) is 11.7. The molecule has 0 unspecified atom stereocenters. The van der Waals surface area contributed by atoms with Gasteiger partial charge in [0.15, 0.2) is 0 Å². The monoisotopic (exact) mass is 263 g/mol. The van der Waals surface area contributed by atoms with Gasteiger partial charge in [-0.25, -0.2) is 0 Å². The normalized spacial score (nSPS) is 21.6. The zero-order valence-corrected chi connectivity index (χ0v) is 11.3. The fraction of sp³-hybridized carbons (Fsp3) is 0.533. The maximum Gasteiger partial charge on any atom is 0.220 e. The Morgan fingerprint density at radius 2 is 2.05 bits per heavy atom. The van der Waals surface area contributed by atoms with Gasteiger partial charge < -0.3 is 15.2 Å². The maximum absolute atomic E-state index is 11.7. The molecule has 2 N–H and O–H groups in total. The molecule has 1 saturated carbocycles. The first kappa shape index (κ1) is 13.9. The molecule has 104 valence electrons. The predicted molar refractivity (Wildman–Crippen MR) is 73.1 cm³/mol. The molecule has 0 aromatic heterocycles. The predicted octanol–water partition coefficient (Wildman–Crippen LogP) is 1.51. The summed E-state index contributed by atoms with van der Waals surface area (Å²) in [7, 11) is 1.64. The van der Waals surface area contributed by atoms with Crippen LogP contribution in [0.15, 0.2) is 24.3 Å². The molecule has 0 atom stereocenters. The molecule has 1 aromatic rings. The van der Waals surface area contributed by atoms with Crippen molar-refractivity contribution in [2.24, 2.45) is 5.92 Å². The second kappa shape index (κ2) is 6.57. The summed E-state index contributed by atoms with van der Waals surface area (Å²) in [6.45, 7) is 0.693. The Labute approximate surface area is 113 Å². The molecular formula is C15H21NO3. The number of hydrogen-bond donors (Lipinski definition) is 2. The number of aliphatic hydroxyl groups is 1. The van der Waals surface area contributed by atoms with Crippen LogP contribution < -0.4 is 10.1 Å². The van der Waals surface area contributed by atoms with E-state index in [2.05, 4.69) is 5.32 Å². The quantitative estimate of drug-likeness (QED) is 0.818. The lowest BCUT2D eigenvalue weighted by atomic mass is 9.82. The number of nitrogens with one attached hydrogen (secondary N) is 1. The zero-order valence-electron chi connectivity index (χ0n) is 11.3. The summed E-state index contributed by atoms with van der Waals surface area (Å²) < 4.78 is 5.09. The first-order valence-corrected chi connectivity index (χ1v) is 6.75. The lowest BCUT2D eigenvalue weighted by Crippen LogP contribution is -2.38. The molecule has 0 aliphatic heterocycles. The van der Waals surface area contributed by atoms with Crippen LogP contribution in [0.25, 0.3) is 0 Å². The summed E-state index contributed by atoms with van der Waals surface area (Å²) in [5, 5.41) is 12.1. The summed E-state index contributed by atoms with van der Waals surface area (Å²) in [5.41, 5.74) is 1.13. The van der Waals surface area contributed by atoms with Crippen molar-refractivity contribution < 1.29 is 14.6 Å². The van der Waals surface area contributed by atoms with Crippen LogP contribution >= 0.6 is 0 Å². The highest BCUT2D eigenvalue weighted by atomic mass is 16.5. The van der Waals surface area contributed by atoms with Crippen LogP contribution in [0.1, 0.15) is 24.8 Å². The van der Waals surface area contributed by atoms with E-state index in [0.29, 0.717) is 18.9 Å². The highest BCUT2D eigenvalue weighted by molar-refractivity contribution is 5.76. The number of methoxy groups -OCH3 is 1. The standard InChI is InChI=1S/C15H21NO3/c1-19-14-5-2-11(3-6-14)4-7-15(18)16-10-12-8-13(17)9-12/h2-3,5-6,12-13,17H,4,7-10H2,1H3,(H,16,18). The Hall–Kier alpha value is -1.55. The van der Waals surface area contributed by atoms with Gasteiger partial charge in [-0.3, -0.25) is 4.79 Å². The van der Waals surface area contributed by atoms with Crippen LogP contribution in [-0.2, 0) is 11.2 Å². The fourth-order valence-corrected chi connectivity index (χ4v) is 2.26. The van der Waals surface area contributed by atoms with E-state index < -0.39 is 0 Å². The Bertz CT molecular complexity index is 410. The van der Waals surface area contributed by atoms with Crippen LogP contribution in [0.3, 0.4) is 0 Å². The molecule has 1 aromatic carbocycles. The summed E-state index contributed by atoms with van der Waals surface area (Å²) in [6, 6.07) is 7.77.